The van der Waals surface area contributed by atoms with Crippen LogP contribution in [0.3, 0.4) is 0 Å². The van der Waals surface area contributed by atoms with E-state index in [2.05, 4.69) is 9.97 Å². The van der Waals surface area contributed by atoms with Crippen LogP contribution < -0.4 is 20.5 Å². The van der Waals surface area contributed by atoms with Crippen molar-refractivity contribution in [3.8, 4) is 0 Å². The Morgan fingerprint density at radius 2 is 1.91 bits per heavy atom. The average Bonchev–Trinajstić information content (AvgIpc) is 3.14. The van der Waals surface area contributed by atoms with Gasteiger partial charge in [0.1, 0.15) is 10.2 Å². The van der Waals surface area contributed by atoms with E-state index < -0.39 is 23.5 Å². The fourth-order valence-electron chi connectivity index (χ4n) is 3.63. The highest BCUT2D eigenvalue weighted by Gasteiger charge is 2.38. The number of esters is 2. The standard InChI is InChI=1S/C23H20N4O5S/c1-3-32-23(30)17-18(24)16(22(29)31-2)19(14-7-5-9-26-12-14)27-20(28)15(33-21(17)27)10-13-6-4-8-25-11-13/h4-12,19H,3,24H2,1-2H3/b15-10+. The molecule has 3 aromatic rings. The topological polar surface area (TPSA) is 126 Å². The third-order valence-electron chi connectivity index (χ3n) is 5.03. The number of hydrogen-bond acceptors (Lipinski definition) is 9. The third kappa shape index (κ3) is 3.96. The maximum Gasteiger partial charge on any atom is 0.343 e. The zero-order chi connectivity index (χ0) is 23.5. The summed E-state index contributed by atoms with van der Waals surface area (Å²) in [5.74, 6) is -1.49. The van der Waals surface area contributed by atoms with E-state index >= 15 is 0 Å². The maximum absolute atomic E-state index is 13.6. The third-order valence-corrected chi connectivity index (χ3v) is 6.13. The van der Waals surface area contributed by atoms with Gasteiger partial charge in [0, 0.05) is 24.8 Å². The van der Waals surface area contributed by atoms with Gasteiger partial charge >= 0.3 is 11.9 Å². The van der Waals surface area contributed by atoms with Gasteiger partial charge in [-0.2, -0.15) is 0 Å². The minimum atomic E-state index is -0.931. The summed E-state index contributed by atoms with van der Waals surface area (Å²) >= 11 is 1.09. The highest BCUT2D eigenvalue weighted by molar-refractivity contribution is 7.07. The number of ether oxygens (including phenoxy) is 2. The van der Waals surface area contributed by atoms with Crippen LogP contribution in [0.25, 0.3) is 11.6 Å². The van der Waals surface area contributed by atoms with E-state index in [1.165, 1.54) is 17.9 Å². The number of aromatic nitrogens is 3. The summed E-state index contributed by atoms with van der Waals surface area (Å²) in [5, 5.41) is 0. The van der Waals surface area contributed by atoms with Gasteiger partial charge in [0.15, 0.2) is 0 Å². The van der Waals surface area contributed by atoms with Crippen molar-refractivity contribution in [2.75, 3.05) is 13.7 Å². The first-order chi connectivity index (χ1) is 16.0. The van der Waals surface area contributed by atoms with Gasteiger partial charge in [-0.25, -0.2) is 9.59 Å². The summed E-state index contributed by atoms with van der Waals surface area (Å²) in [6.45, 7) is 1.75. The summed E-state index contributed by atoms with van der Waals surface area (Å²) in [4.78, 5) is 47.5. The number of nitrogens with two attached hydrogens (primary N) is 1. The van der Waals surface area contributed by atoms with Crippen molar-refractivity contribution in [1.82, 2.24) is 14.5 Å². The van der Waals surface area contributed by atoms with Gasteiger partial charge in [-0.3, -0.25) is 19.3 Å². The van der Waals surface area contributed by atoms with E-state index in [1.54, 1.807) is 55.9 Å². The molecule has 1 aliphatic rings. The molecule has 10 heteroatoms. The van der Waals surface area contributed by atoms with Gasteiger partial charge < -0.3 is 15.2 Å². The van der Waals surface area contributed by atoms with E-state index in [4.69, 9.17) is 15.2 Å². The van der Waals surface area contributed by atoms with Crippen LogP contribution in [0.4, 0.5) is 0 Å². The van der Waals surface area contributed by atoms with Crippen LogP contribution in [-0.2, 0) is 19.1 Å². The second kappa shape index (κ2) is 9.21. The van der Waals surface area contributed by atoms with Crippen LogP contribution in [0.5, 0.6) is 0 Å². The monoisotopic (exact) mass is 464 g/mol. The molecule has 0 fully saturated rings. The number of carbonyl (C=O) groups excluding carboxylic acids is 2. The molecule has 1 aliphatic heterocycles. The van der Waals surface area contributed by atoms with Gasteiger partial charge in [-0.05, 0) is 36.3 Å². The molecule has 0 saturated carbocycles. The van der Waals surface area contributed by atoms with Crippen molar-refractivity contribution >= 4 is 34.9 Å². The van der Waals surface area contributed by atoms with Crippen LogP contribution in [0.2, 0.25) is 0 Å². The van der Waals surface area contributed by atoms with Crippen molar-refractivity contribution in [3.63, 3.8) is 0 Å². The molecule has 0 saturated heterocycles. The molecule has 0 bridgehead atoms. The predicted molar refractivity (Wildman–Crippen MR) is 121 cm³/mol. The van der Waals surface area contributed by atoms with Crippen LogP contribution in [-0.4, -0.2) is 40.2 Å². The quantitative estimate of drug-likeness (QED) is 0.532. The number of pyridine rings is 2. The Hall–Kier alpha value is -4.05. The minimum Gasteiger partial charge on any atom is -0.466 e. The van der Waals surface area contributed by atoms with Gasteiger partial charge in [-0.1, -0.05) is 12.1 Å². The molecule has 0 aromatic carbocycles. The van der Waals surface area contributed by atoms with E-state index in [9.17, 15) is 14.4 Å². The first-order valence-corrected chi connectivity index (χ1v) is 10.8. The number of carbonyl (C=O) groups is 2. The molecule has 4 rings (SSSR count). The van der Waals surface area contributed by atoms with E-state index in [1.807, 2.05) is 0 Å². The molecule has 9 nitrogen and oxygen atoms in total. The SMILES string of the molecule is CCOC(=O)C1=c2s/c(=C/c3cccnc3)c(=O)n2C(c2cccnc2)C(C(=O)OC)=C1N. The number of fused-ring (bicyclic) bond motifs is 1. The van der Waals surface area contributed by atoms with Crippen LogP contribution in [0.1, 0.15) is 24.1 Å². The van der Waals surface area contributed by atoms with Gasteiger partial charge in [-0.15, -0.1) is 11.3 Å². The molecule has 4 heterocycles. The second-order valence-electron chi connectivity index (χ2n) is 6.98. The summed E-state index contributed by atoms with van der Waals surface area (Å²) in [6.07, 6.45) is 8.02. The summed E-state index contributed by atoms with van der Waals surface area (Å²) in [7, 11) is 1.21. The van der Waals surface area contributed by atoms with Crippen LogP contribution in [0, 0.1) is 0 Å². The number of thiazole rings is 1. The summed E-state index contributed by atoms with van der Waals surface area (Å²) in [6, 6.07) is 6.03. The second-order valence-corrected chi connectivity index (χ2v) is 8.01. The Balaban J connectivity index is 2.12. The molecule has 0 aliphatic carbocycles. The average molecular weight is 465 g/mol. The molecule has 0 radical (unpaired) electrons. The lowest BCUT2D eigenvalue weighted by molar-refractivity contribution is -0.136. The molecule has 1 atom stereocenters. The molecule has 2 N–H and O–H groups in total. The number of hydrogen-bond donors (Lipinski definition) is 1. The molecular weight excluding hydrogens is 444 g/mol. The Labute approximate surface area is 192 Å². The zero-order valence-electron chi connectivity index (χ0n) is 17.8. The molecule has 0 spiro atoms. The van der Waals surface area contributed by atoms with E-state index in [0.717, 1.165) is 11.3 Å². The van der Waals surface area contributed by atoms with Crippen LogP contribution in [0.15, 0.2) is 65.1 Å². The lowest BCUT2D eigenvalue weighted by Gasteiger charge is -2.26. The van der Waals surface area contributed by atoms with Crippen molar-refractivity contribution in [3.05, 3.63) is 91.0 Å². The molecular formula is C23H20N4O5S. The van der Waals surface area contributed by atoms with Gasteiger partial charge in [0.25, 0.3) is 5.56 Å². The van der Waals surface area contributed by atoms with Crippen LogP contribution >= 0.6 is 11.3 Å². The Morgan fingerprint density at radius 1 is 1.18 bits per heavy atom. The fraction of sp³-hybridized carbons (Fsp3) is 0.174. The Kier molecular flexibility index (Phi) is 6.18. The smallest absolute Gasteiger partial charge is 0.343 e. The lowest BCUT2D eigenvalue weighted by atomic mass is 9.93. The predicted octanol–water partition coefficient (Wildman–Crippen LogP) is 0.231. The number of methoxy groups -OCH3 is 1. The fourth-order valence-corrected chi connectivity index (χ4v) is 4.80. The summed E-state index contributed by atoms with van der Waals surface area (Å²) in [5.41, 5.74) is 7.05. The first-order valence-electron chi connectivity index (χ1n) is 10.0. The van der Waals surface area contributed by atoms with Crippen molar-refractivity contribution in [1.29, 1.82) is 0 Å². The Bertz CT molecular complexity index is 1420. The van der Waals surface area contributed by atoms with Crippen molar-refractivity contribution in [2.24, 2.45) is 5.73 Å². The van der Waals surface area contributed by atoms with Crippen molar-refractivity contribution < 1.29 is 19.1 Å². The zero-order valence-corrected chi connectivity index (χ0v) is 18.7. The van der Waals surface area contributed by atoms with E-state index in [-0.39, 0.29) is 28.1 Å². The molecule has 168 valence electrons. The number of nitrogens with zero attached hydrogens (tertiary/aromatic N) is 3. The van der Waals surface area contributed by atoms with Gasteiger partial charge in [0.2, 0.25) is 0 Å². The maximum atomic E-state index is 13.6. The highest BCUT2D eigenvalue weighted by Crippen LogP contribution is 2.32. The highest BCUT2D eigenvalue weighted by atomic mass is 32.1. The Morgan fingerprint density at radius 3 is 2.52 bits per heavy atom. The summed E-state index contributed by atoms with van der Waals surface area (Å²) < 4.78 is 12.2. The first kappa shape index (κ1) is 22.2. The van der Waals surface area contributed by atoms with E-state index in [0.29, 0.717) is 15.7 Å². The molecule has 3 aromatic heterocycles. The lowest BCUT2D eigenvalue weighted by Crippen LogP contribution is -2.43. The van der Waals surface area contributed by atoms with Crippen molar-refractivity contribution in [2.45, 2.75) is 13.0 Å². The molecule has 0 amide bonds. The normalized spacial score (nSPS) is 15.9. The molecule has 1 unspecified atom stereocenters. The van der Waals surface area contributed by atoms with Gasteiger partial charge in [0.05, 0.1) is 35.6 Å². The minimum absolute atomic E-state index is 0.0334. The number of rotatable bonds is 5. The largest absolute Gasteiger partial charge is 0.466 e. The molecule has 33 heavy (non-hydrogen) atoms.